The van der Waals surface area contributed by atoms with Crippen molar-refractivity contribution >= 4 is 5.91 Å². The normalized spacial score (nSPS) is 20.4. The molecule has 1 aliphatic rings. The molecule has 2 rings (SSSR count). The maximum atomic E-state index is 12.3. The predicted molar refractivity (Wildman–Crippen MR) is 69.3 cm³/mol. The standard InChI is InChI=1S/C14H20N2O/c1-10-6-11(2)8-13(7-10)14(17)16-5-4-15-12(3)9-16/h6-8,12,15H,4-5,9H2,1-3H3/t12-/m1/s1. The van der Waals surface area contributed by atoms with Gasteiger partial charge in [-0.15, -0.1) is 0 Å². The van der Waals surface area contributed by atoms with E-state index in [0.717, 1.165) is 36.3 Å². The summed E-state index contributed by atoms with van der Waals surface area (Å²) in [6, 6.07) is 6.43. The number of benzene rings is 1. The van der Waals surface area contributed by atoms with E-state index in [0.29, 0.717) is 6.04 Å². The van der Waals surface area contributed by atoms with Gasteiger partial charge in [-0.05, 0) is 32.9 Å². The molecule has 1 aliphatic heterocycles. The van der Waals surface area contributed by atoms with Crippen LogP contribution in [-0.4, -0.2) is 36.5 Å². The van der Waals surface area contributed by atoms with E-state index in [1.54, 1.807) is 0 Å². The van der Waals surface area contributed by atoms with Gasteiger partial charge in [0.25, 0.3) is 5.91 Å². The summed E-state index contributed by atoms with van der Waals surface area (Å²) in [5.74, 6) is 0.158. The number of rotatable bonds is 1. The third kappa shape index (κ3) is 2.86. The maximum Gasteiger partial charge on any atom is 0.253 e. The summed E-state index contributed by atoms with van der Waals surface area (Å²) in [4.78, 5) is 14.3. The van der Waals surface area contributed by atoms with Crippen LogP contribution in [0.5, 0.6) is 0 Å². The number of hydrogen-bond acceptors (Lipinski definition) is 2. The van der Waals surface area contributed by atoms with Gasteiger partial charge < -0.3 is 10.2 Å². The average molecular weight is 232 g/mol. The molecule has 1 N–H and O–H groups in total. The van der Waals surface area contributed by atoms with Gasteiger partial charge in [0.05, 0.1) is 0 Å². The highest BCUT2D eigenvalue weighted by atomic mass is 16.2. The number of carbonyl (C=O) groups excluding carboxylic acids is 1. The Balaban J connectivity index is 2.18. The van der Waals surface area contributed by atoms with Gasteiger partial charge in [0.1, 0.15) is 0 Å². The van der Waals surface area contributed by atoms with E-state index in [1.165, 1.54) is 0 Å². The van der Waals surface area contributed by atoms with Crippen LogP contribution < -0.4 is 5.32 Å². The molecule has 0 bridgehead atoms. The smallest absolute Gasteiger partial charge is 0.253 e. The number of nitrogens with one attached hydrogen (secondary N) is 1. The highest BCUT2D eigenvalue weighted by Gasteiger charge is 2.21. The van der Waals surface area contributed by atoms with E-state index >= 15 is 0 Å². The third-order valence-electron chi connectivity index (χ3n) is 3.12. The third-order valence-corrected chi connectivity index (χ3v) is 3.12. The zero-order valence-electron chi connectivity index (χ0n) is 10.8. The van der Waals surface area contributed by atoms with Crippen molar-refractivity contribution in [3.8, 4) is 0 Å². The fraction of sp³-hybridized carbons (Fsp3) is 0.500. The first-order valence-electron chi connectivity index (χ1n) is 6.17. The Morgan fingerprint density at radius 1 is 1.29 bits per heavy atom. The zero-order chi connectivity index (χ0) is 12.4. The molecule has 1 amide bonds. The number of amides is 1. The molecule has 0 spiro atoms. The van der Waals surface area contributed by atoms with Crippen LogP contribution in [0.1, 0.15) is 28.4 Å². The summed E-state index contributed by atoms with van der Waals surface area (Å²) < 4.78 is 0. The fourth-order valence-corrected chi connectivity index (χ4v) is 2.40. The van der Waals surface area contributed by atoms with Gasteiger partial charge in [-0.1, -0.05) is 17.2 Å². The molecular formula is C14H20N2O. The minimum Gasteiger partial charge on any atom is -0.336 e. The Bertz CT molecular complexity index is 408. The van der Waals surface area contributed by atoms with Gasteiger partial charge in [0.15, 0.2) is 0 Å². The second-order valence-corrected chi connectivity index (χ2v) is 4.98. The first-order valence-corrected chi connectivity index (χ1v) is 6.17. The van der Waals surface area contributed by atoms with Crippen LogP contribution >= 0.6 is 0 Å². The molecule has 1 heterocycles. The van der Waals surface area contributed by atoms with Crippen molar-refractivity contribution in [1.29, 1.82) is 0 Å². The number of nitrogens with zero attached hydrogens (tertiary/aromatic N) is 1. The van der Waals surface area contributed by atoms with Gasteiger partial charge in [0.2, 0.25) is 0 Å². The number of piperazine rings is 1. The molecule has 1 fully saturated rings. The largest absolute Gasteiger partial charge is 0.336 e. The van der Waals surface area contributed by atoms with Gasteiger partial charge in [-0.3, -0.25) is 4.79 Å². The van der Waals surface area contributed by atoms with E-state index in [2.05, 4.69) is 18.3 Å². The zero-order valence-corrected chi connectivity index (χ0v) is 10.8. The summed E-state index contributed by atoms with van der Waals surface area (Å²) in [7, 11) is 0. The Kier molecular flexibility index (Phi) is 3.48. The van der Waals surface area contributed by atoms with Gasteiger partial charge in [-0.2, -0.15) is 0 Å². The second kappa shape index (κ2) is 4.88. The summed E-state index contributed by atoms with van der Waals surface area (Å²) >= 11 is 0. The summed E-state index contributed by atoms with van der Waals surface area (Å²) in [5.41, 5.74) is 3.12. The Labute approximate surface area is 103 Å². The van der Waals surface area contributed by atoms with Crippen LogP contribution in [0, 0.1) is 13.8 Å². The number of hydrogen-bond donors (Lipinski definition) is 1. The highest BCUT2D eigenvalue weighted by Crippen LogP contribution is 2.12. The molecule has 0 unspecified atom stereocenters. The molecule has 1 aromatic carbocycles. The highest BCUT2D eigenvalue weighted by molar-refractivity contribution is 5.94. The lowest BCUT2D eigenvalue weighted by Crippen LogP contribution is -2.51. The molecule has 17 heavy (non-hydrogen) atoms. The molecule has 0 aromatic heterocycles. The van der Waals surface area contributed by atoms with Crippen LogP contribution in [0.25, 0.3) is 0 Å². The van der Waals surface area contributed by atoms with Crippen molar-refractivity contribution in [3.05, 3.63) is 34.9 Å². The molecular weight excluding hydrogens is 212 g/mol. The van der Waals surface area contributed by atoms with Crippen LogP contribution in [0.4, 0.5) is 0 Å². The monoisotopic (exact) mass is 232 g/mol. The molecule has 92 valence electrons. The molecule has 1 saturated heterocycles. The lowest BCUT2D eigenvalue weighted by Gasteiger charge is -2.32. The summed E-state index contributed by atoms with van der Waals surface area (Å²) in [6.07, 6.45) is 0. The first kappa shape index (κ1) is 12.1. The summed E-state index contributed by atoms with van der Waals surface area (Å²) in [6.45, 7) is 8.66. The lowest BCUT2D eigenvalue weighted by atomic mass is 10.1. The minimum absolute atomic E-state index is 0.158. The SMILES string of the molecule is Cc1cc(C)cc(C(=O)N2CCN[C@H](C)C2)c1. The summed E-state index contributed by atoms with van der Waals surface area (Å²) in [5, 5.41) is 3.35. The van der Waals surface area contributed by atoms with E-state index < -0.39 is 0 Å². The van der Waals surface area contributed by atoms with E-state index in [4.69, 9.17) is 0 Å². The van der Waals surface area contributed by atoms with Crippen LogP contribution in [0.15, 0.2) is 18.2 Å². The van der Waals surface area contributed by atoms with Gasteiger partial charge in [0, 0.05) is 31.2 Å². The van der Waals surface area contributed by atoms with Crippen molar-refractivity contribution in [2.24, 2.45) is 0 Å². The Morgan fingerprint density at radius 2 is 1.94 bits per heavy atom. The number of aryl methyl sites for hydroxylation is 2. The maximum absolute atomic E-state index is 12.3. The number of carbonyl (C=O) groups is 1. The minimum atomic E-state index is 0.158. The molecule has 0 saturated carbocycles. The topological polar surface area (TPSA) is 32.3 Å². The molecule has 1 atom stereocenters. The molecule has 0 radical (unpaired) electrons. The lowest BCUT2D eigenvalue weighted by molar-refractivity contribution is 0.0709. The van der Waals surface area contributed by atoms with Crippen molar-refractivity contribution < 1.29 is 4.79 Å². The molecule has 0 aliphatic carbocycles. The van der Waals surface area contributed by atoms with Crippen LogP contribution in [0.2, 0.25) is 0 Å². The first-order chi connectivity index (χ1) is 8.06. The van der Waals surface area contributed by atoms with Crippen molar-refractivity contribution in [2.45, 2.75) is 26.8 Å². The Morgan fingerprint density at radius 3 is 2.53 bits per heavy atom. The molecule has 1 aromatic rings. The van der Waals surface area contributed by atoms with E-state index in [1.807, 2.05) is 30.9 Å². The van der Waals surface area contributed by atoms with Crippen LogP contribution in [0.3, 0.4) is 0 Å². The van der Waals surface area contributed by atoms with Crippen molar-refractivity contribution in [3.63, 3.8) is 0 Å². The van der Waals surface area contributed by atoms with Gasteiger partial charge in [-0.25, -0.2) is 0 Å². The van der Waals surface area contributed by atoms with E-state index in [9.17, 15) is 4.79 Å². The quantitative estimate of drug-likeness (QED) is 0.800. The Hall–Kier alpha value is -1.35. The molecule has 3 heteroatoms. The predicted octanol–water partition coefficient (Wildman–Crippen LogP) is 1.74. The van der Waals surface area contributed by atoms with Crippen molar-refractivity contribution in [1.82, 2.24) is 10.2 Å². The van der Waals surface area contributed by atoms with Crippen molar-refractivity contribution in [2.75, 3.05) is 19.6 Å². The van der Waals surface area contributed by atoms with E-state index in [-0.39, 0.29) is 5.91 Å². The second-order valence-electron chi connectivity index (χ2n) is 4.98. The fourth-order valence-electron chi connectivity index (χ4n) is 2.40. The average Bonchev–Trinajstić information content (AvgIpc) is 2.26. The van der Waals surface area contributed by atoms with Gasteiger partial charge >= 0.3 is 0 Å². The molecule has 3 nitrogen and oxygen atoms in total. The van der Waals surface area contributed by atoms with Crippen LogP contribution in [-0.2, 0) is 0 Å².